The average molecular weight is 208 g/mol. The van der Waals surface area contributed by atoms with E-state index in [0.29, 0.717) is 6.42 Å². The van der Waals surface area contributed by atoms with Crippen LogP contribution in [0.25, 0.3) is 23.2 Å². The van der Waals surface area contributed by atoms with E-state index in [0.717, 1.165) is 11.1 Å². The number of para-hydroxylation sites is 1. The van der Waals surface area contributed by atoms with Crippen LogP contribution in [0.3, 0.4) is 0 Å². The zero-order valence-corrected chi connectivity index (χ0v) is 8.93. The van der Waals surface area contributed by atoms with Crippen molar-refractivity contribution in [3.8, 4) is 6.07 Å². The number of nitriles is 1. The van der Waals surface area contributed by atoms with Crippen LogP contribution >= 0.6 is 0 Å². The highest BCUT2D eigenvalue weighted by atomic mass is 14.9. The van der Waals surface area contributed by atoms with Crippen molar-refractivity contribution in [2.75, 3.05) is 0 Å². The van der Waals surface area contributed by atoms with Gasteiger partial charge in [0.25, 0.3) is 0 Å². The first-order chi connectivity index (χ1) is 7.86. The number of nitrogens with zero attached hydrogens (tertiary/aromatic N) is 2. The van der Waals surface area contributed by atoms with Gasteiger partial charge in [-0.2, -0.15) is 5.26 Å². The monoisotopic (exact) mass is 208 g/mol. The highest BCUT2D eigenvalue weighted by molar-refractivity contribution is 5.90. The van der Waals surface area contributed by atoms with Gasteiger partial charge in [0, 0.05) is 17.8 Å². The fourth-order valence-corrected chi connectivity index (χ4v) is 1.74. The molecule has 1 heterocycles. The summed E-state index contributed by atoms with van der Waals surface area (Å²) in [6.45, 7) is 3.80. The topological polar surface area (TPSA) is 28.7 Å². The summed E-state index contributed by atoms with van der Waals surface area (Å²) in [5, 5.41) is 9.66. The van der Waals surface area contributed by atoms with Gasteiger partial charge in [-0.15, -0.1) is 0 Å². The minimum absolute atomic E-state index is 0.427. The van der Waals surface area contributed by atoms with Crippen molar-refractivity contribution in [1.29, 1.82) is 5.26 Å². The Morgan fingerprint density at radius 2 is 2.19 bits per heavy atom. The zero-order chi connectivity index (χ0) is 11.4. The minimum atomic E-state index is 0.427. The molecule has 78 valence electrons. The molecule has 2 rings (SSSR count). The molecule has 2 nitrogen and oxygen atoms in total. The Labute approximate surface area is 94.7 Å². The van der Waals surface area contributed by atoms with Crippen LogP contribution in [-0.2, 0) is 0 Å². The van der Waals surface area contributed by atoms with E-state index in [1.807, 2.05) is 41.2 Å². The van der Waals surface area contributed by atoms with Gasteiger partial charge in [0.05, 0.1) is 18.0 Å². The first kappa shape index (κ1) is 10.3. The third kappa shape index (κ3) is 1.76. The quantitative estimate of drug-likeness (QED) is 0.756. The summed E-state index contributed by atoms with van der Waals surface area (Å²) in [6, 6.07) is 10.2. The molecule has 0 unspecified atom stereocenters. The standard InChI is InChI=1S/C14H12N2/c1-2-12-11-16(10-6-5-9-15)14-8-4-3-7-13(12)14/h2-4,6-8,10-11H,1,5H2/b10-6+. The van der Waals surface area contributed by atoms with Crippen LogP contribution in [0, 0.1) is 11.3 Å². The molecule has 1 aromatic carbocycles. The highest BCUT2D eigenvalue weighted by Crippen LogP contribution is 2.22. The zero-order valence-electron chi connectivity index (χ0n) is 8.93. The fourth-order valence-electron chi connectivity index (χ4n) is 1.74. The van der Waals surface area contributed by atoms with Gasteiger partial charge in [0.1, 0.15) is 0 Å². The second kappa shape index (κ2) is 4.50. The number of hydrogen-bond acceptors (Lipinski definition) is 1. The van der Waals surface area contributed by atoms with Gasteiger partial charge in [-0.1, -0.05) is 36.9 Å². The van der Waals surface area contributed by atoms with Crippen molar-refractivity contribution < 1.29 is 0 Å². The van der Waals surface area contributed by atoms with Gasteiger partial charge in [-0.05, 0) is 11.6 Å². The first-order valence-corrected chi connectivity index (χ1v) is 5.12. The van der Waals surface area contributed by atoms with Crippen LogP contribution in [0.1, 0.15) is 12.0 Å². The van der Waals surface area contributed by atoms with Gasteiger partial charge < -0.3 is 4.57 Å². The second-order valence-electron chi connectivity index (χ2n) is 3.46. The van der Waals surface area contributed by atoms with Crippen LogP contribution in [0.15, 0.2) is 43.1 Å². The number of rotatable bonds is 3. The Bertz CT molecular complexity index is 582. The second-order valence-corrected chi connectivity index (χ2v) is 3.46. The van der Waals surface area contributed by atoms with Crippen molar-refractivity contribution >= 4 is 23.2 Å². The summed E-state index contributed by atoms with van der Waals surface area (Å²) < 4.78 is 2.02. The Morgan fingerprint density at radius 3 is 2.94 bits per heavy atom. The van der Waals surface area contributed by atoms with E-state index >= 15 is 0 Å². The molecule has 1 aromatic heterocycles. The summed E-state index contributed by atoms with van der Waals surface area (Å²) in [6.07, 6.45) is 8.05. The van der Waals surface area contributed by atoms with E-state index in [4.69, 9.17) is 5.26 Å². The predicted molar refractivity (Wildman–Crippen MR) is 67.6 cm³/mol. The van der Waals surface area contributed by atoms with E-state index in [1.165, 1.54) is 5.39 Å². The van der Waals surface area contributed by atoms with Gasteiger partial charge >= 0.3 is 0 Å². The van der Waals surface area contributed by atoms with Gasteiger partial charge in [0.2, 0.25) is 0 Å². The third-order valence-corrected chi connectivity index (χ3v) is 2.47. The van der Waals surface area contributed by atoms with Crippen molar-refractivity contribution in [2.45, 2.75) is 6.42 Å². The van der Waals surface area contributed by atoms with Crippen molar-refractivity contribution in [1.82, 2.24) is 4.57 Å². The molecule has 0 atom stereocenters. The van der Waals surface area contributed by atoms with Gasteiger partial charge in [0.15, 0.2) is 0 Å². The van der Waals surface area contributed by atoms with Gasteiger partial charge in [-0.3, -0.25) is 0 Å². The molecule has 0 fully saturated rings. The van der Waals surface area contributed by atoms with Gasteiger partial charge in [-0.25, -0.2) is 0 Å². The molecule has 0 amide bonds. The maximum Gasteiger partial charge on any atom is 0.0663 e. The summed E-state index contributed by atoms with van der Waals surface area (Å²) in [4.78, 5) is 0. The van der Waals surface area contributed by atoms with Crippen molar-refractivity contribution in [2.24, 2.45) is 0 Å². The predicted octanol–water partition coefficient (Wildman–Crippen LogP) is 3.67. The SMILES string of the molecule is C=Cc1cn(/C=C/CC#N)c2ccccc12. The molecule has 0 radical (unpaired) electrons. The van der Waals surface area contributed by atoms with E-state index in [2.05, 4.69) is 24.8 Å². The maximum absolute atomic E-state index is 8.48. The maximum atomic E-state index is 8.48. The Hall–Kier alpha value is -2.27. The van der Waals surface area contributed by atoms with E-state index < -0.39 is 0 Å². The third-order valence-electron chi connectivity index (χ3n) is 2.47. The number of hydrogen-bond donors (Lipinski definition) is 0. The largest absolute Gasteiger partial charge is 0.323 e. The number of fused-ring (bicyclic) bond motifs is 1. The molecule has 0 aliphatic heterocycles. The van der Waals surface area contributed by atoms with Crippen molar-refractivity contribution in [3.63, 3.8) is 0 Å². The summed E-state index contributed by atoms with van der Waals surface area (Å²) >= 11 is 0. The Morgan fingerprint density at radius 1 is 1.38 bits per heavy atom. The molecular weight excluding hydrogens is 196 g/mol. The summed E-state index contributed by atoms with van der Waals surface area (Å²) in [5.74, 6) is 0. The molecule has 2 aromatic rings. The number of allylic oxidation sites excluding steroid dienone is 1. The number of benzene rings is 1. The smallest absolute Gasteiger partial charge is 0.0663 e. The molecule has 0 aliphatic carbocycles. The molecular formula is C14H12N2. The molecule has 0 bridgehead atoms. The van der Waals surface area contributed by atoms with Crippen LogP contribution < -0.4 is 0 Å². The molecule has 0 saturated heterocycles. The molecule has 0 saturated carbocycles. The summed E-state index contributed by atoms with van der Waals surface area (Å²) in [5.41, 5.74) is 2.24. The Balaban J connectivity index is 2.54. The van der Waals surface area contributed by atoms with Crippen LogP contribution in [0.4, 0.5) is 0 Å². The number of aromatic nitrogens is 1. The normalized spacial score (nSPS) is 10.7. The van der Waals surface area contributed by atoms with Crippen LogP contribution in [0.2, 0.25) is 0 Å². The van der Waals surface area contributed by atoms with E-state index in [1.54, 1.807) is 0 Å². The lowest BCUT2D eigenvalue weighted by atomic mass is 10.2. The van der Waals surface area contributed by atoms with E-state index in [9.17, 15) is 0 Å². The molecule has 2 heteroatoms. The van der Waals surface area contributed by atoms with Crippen LogP contribution in [-0.4, -0.2) is 4.57 Å². The highest BCUT2D eigenvalue weighted by Gasteiger charge is 2.02. The Kier molecular flexibility index (Phi) is 2.88. The first-order valence-electron chi connectivity index (χ1n) is 5.12. The summed E-state index contributed by atoms with van der Waals surface area (Å²) in [7, 11) is 0. The lowest BCUT2D eigenvalue weighted by Crippen LogP contribution is -1.81. The molecule has 0 N–H and O–H groups in total. The van der Waals surface area contributed by atoms with E-state index in [-0.39, 0.29) is 0 Å². The molecule has 16 heavy (non-hydrogen) atoms. The molecule has 0 spiro atoms. The molecule has 0 aliphatic rings. The van der Waals surface area contributed by atoms with Crippen LogP contribution in [0.5, 0.6) is 0 Å². The lowest BCUT2D eigenvalue weighted by Gasteiger charge is -1.95. The fraction of sp³-hybridized carbons (Fsp3) is 0.0714. The average Bonchev–Trinajstić information content (AvgIpc) is 2.68. The minimum Gasteiger partial charge on any atom is -0.323 e. The lowest BCUT2D eigenvalue weighted by molar-refractivity contribution is 1.21. The van der Waals surface area contributed by atoms with Crippen molar-refractivity contribution in [3.05, 3.63) is 48.7 Å².